The number of fused-ring (bicyclic) bond motifs is 1. The second kappa shape index (κ2) is 6.06. The topological polar surface area (TPSA) is 56.8 Å². The molecule has 2 rings (SSSR count). The van der Waals surface area contributed by atoms with Crippen molar-refractivity contribution in [2.24, 2.45) is 0 Å². The minimum atomic E-state index is -0.761. The number of benzene rings is 1. The lowest BCUT2D eigenvalue weighted by Gasteiger charge is -2.09. The second-order valence-corrected chi connectivity index (χ2v) is 5.54. The zero-order valence-electron chi connectivity index (χ0n) is 10.5. The van der Waals surface area contributed by atoms with E-state index in [4.69, 9.17) is 14.2 Å². The lowest BCUT2D eigenvalue weighted by molar-refractivity contribution is 0.171. The highest BCUT2D eigenvalue weighted by Crippen LogP contribution is 2.41. The van der Waals surface area contributed by atoms with Crippen molar-refractivity contribution in [3.05, 3.63) is 17.7 Å². The molecule has 0 spiro atoms. The molecule has 0 saturated carbocycles. The van der Waals surface area contributed by atoms with Gasteiger partial charge >= 0.3 is 0 Å². The molecular formula is C12H17NO4S. The van der Waals surface area contributed by atoms with Gasteiger partial charge in [0.1, 0.15) is 0 Å². The third-order valence-corrected chi connectivity index (χ3v) is 3.39. The fourth-order valence-corrected chi connectivity index (χ4v) is 2.17. The van der Waals surface area contributed by atoms with Gasteiger partial charge in [-0.3, -0.25) is 4.21 Å². The van der Waals surface area contributed by atoms with Gasteiger partial charge in [0.25, 0.3) is 0 Å². The maximum Gasteiger partial charge on any atom is 0.231 e. The first kappa shape index (κ1) is 13.2. The van der Waals surface area contributed by atoms with Crippen LogP contribution >= 0.6 is 0 Å². The number of hydrogen-bond acceptors (Lipinski definition) is 5. The predicted octanol–water partition coefficient (Wildman–Crippen LogP) is 0.892. The molecule has 5 nitrogen and oxygen atoms in total. The summed E-state index contributed by atoms with van der Waals surface area (Å²) in [6.07, 6.45) is 1.70. The first-order chi connectivity index (χ1) is 8.70. The highest BCUT2D eigenvalue weighted by atomic mass is 32.2. The molecule has 0 bridgehead atoms. The third-order valence-electron chi connectivity index (χ3n) is 2.61. The van der Waals surface area contributed by atoms with E-state index in [-0.39, 0.29) is 6.79 Å². The minimum absolute atomic E-state index is 0.234. The quantitative estimate of drug-likeness (QED) is 0.779. The normalized spacial score (nSPS) is 14.6. The standard InChI is InChI=1S/C12H17NO4S/c1-15-10-5-9(7-13-3-4-18(2)14)6-11-12(10)17-8-16-11/h5-6,13H,3-4,7-8H2,1-2H3. The van der Waals surface area contributed by atoms with Crippen LogP contribution in [0.25, 0.3) is 0 Å². The zero-order chi connectivity index (χ0) is 13.0. The van der Waals surface area contributed by atoms with Crippen LogP contribution in [0.4, 0.5) is 0 Å². The summed E-state index contributed by atoms with van der Waals surface area (Å²) in [6.45, 7) is 1.64. The first-order valence-electron chi connectivity index (χ1n) is 5.68. The molecule has 1 aliphatic rings. The molecule has 1 atom stereocenters. The first-order valence-corrected chi connectivity index (χ1v) is 7.40. The van der Waals surface area contributed by atoms with Crippen molar-refractivity contribution in [1.29, 1.82) is 0 Å². The summed E-state index contributed by atoms with van der Waals surface area (Å²) in [6, 6.07) is 3.85. The summed E-state index contributed by atoms with van der Waals surface area (Å²) in [4.78, 5) is 0. The average molecular weight is 271 g/mol. The molecule has 1 N–H and O–H groups in total. The fraction of sp³-hybridized carbons (Fsp3) is 0.500. The maximum absolute atomic E-state index is 10.9. The van der Waals surface area contributed by atoms with Crippen molar-refractivity contribution in [2.45, 2.75) is 6.54 Å². The lowest BCUT2D eigenvalue weighted by atomic mass is 10.2. The van der Waals surface area contributed by atoms with E-state index in [0.29, 0.717) is 29.5 Å². The molecule has 1 unspecified atom stereocenters. The molecular weight excluding hydrogens is 254 g/mol. The highest BCUT2D eigenvalue weighted by Gasteiger charge is 2.19. The Hall–Kier alpha value is -1.27. The van der Waals surface area contributed by atoms with E-state index in [1.165, 1.54) is 0 Å². The van der Waals surface area contributed by atoms with Crippen LogP contribution in [0.1, 0.15) is 5.56 Å². The Bertz CT molecular complexity index is 450. The van der Waals surface area contributed by atoms with Gasteiger partial charge in [-0.05, 0) is 17.7 Å². The number of methoxy groups -OCH3 is 1. The second-order valence-electron chi connectivity index (χ2n) is 3.99. The molecule has 1 aliphatic heterocycles. The average Bonchev–Trinajstić information content (AvgIpc) is 2.81. The summed E-state index contributed by atoms with van der Waals surface area (Å²) < 4.78 is 26.9. The zero-order valence-corrected chi connectivity index (χ0v) is 11.3. The number of ether oxygens (including phenoxy) is 3. The smallest absolute Gasteiger partial charge is 0.231 e. The third kappa shape index (κ3) is 3.14. The van der Waals surface area contributed by atoms with Gasteiger partial charge in [-0.2, -0.15) is 0 Å². The van der Waals surface area contributed by atoms with Crippen LogP contribution in [0.5, 0.6) is 17.2 Å². The van der Waals surface area contributed by atoms with Crippen LogP contribution in [0.3, 0.4) is 0 Å². The molecule has 0 fully saturated rings. The summed E-state index contributed by atoms with van der Waals surface area (Å²) >= 11 is 0. The van der Waals surface area contributed by atoms with Crippen molar-refractivity contribution in [2.75, 3.05) is 32.5 Å². The fourth-order valence-electron chi connectivity index (χ4n) is 1.73. The van der Waals surface area contributed by atoms with Crippen molar-refractivity contribution >= 4 is 10.8 Å². The molecule has 6 heteroatoms. The summed E-state index contributed by atoms with van der Waals surface area (Å²) in [5.74, 6) is 2.71. The lowest BCUT2D eigenvalue weighted by Crippen LogP contribution is -2.19. The Balaban J connectivity index is 1.99. The van der Waals surface area contributed by atoms with Gasteiger partial charge in [0.2, 0.25) is 12.5 Å². The Kier molecular flexibility index (Phi) is 4.43. The summed E-state index contributed by atoms with van der Waals surface area (Å²) in [5.41, 5.74) is 1.05. The van der Waals surface area contributed by atoms with Crippen molar-refractivity contribution in [1.82, 2.24) is 5.32 Å². The number of hydrogen-bond donors (Lipinski definition) is 1. The Morgan fingerprint density at radius 1 is 1.44 bits per heavy atom. The molecule has 0 radical (unpaired) electrons. The Morgan fingerprint density at radius 3 is 3.00 bits per heavy atom. The largest absolute Gasteiger partial charge is 0.493 e. The van der Waals surface area contributed by atoms with Crippen LogP contribution in [-0.4, -0.2) is 36.7 Å². The van der Waals surface area contributed by atoms with Gasteiger partial charge in [-0.1, -0.05) is 0 Å². The molecule has 18 heavy (non-hydrogen) atoms. The molecule has 1 heterocycles. The van der Waals surface area contributed by atoms with E-state index < -0.39 is 10.8 Å². The molecule has 0 aliphatic carbocycles. The molecule has 0 amide bonds. The van der Waals surface area contributed by atoms with Gasteiger partial charge in [0, 0.05) is 35.9 Å². The van der Waals surface area contributed by atoms with Gasteiger partial charge in [0.15, 0.2) is 11.5 Å². The van der Waals surface area contributed by atoms with E-state index in [2.05, 4.69) is 5.32 Å². The van der Waals surface area contributed by atoms with E-state index in [1.54, 1.807) is 13.4 Å². The van der Waals surface area contributed by atoms with Crippen LogP contribution in [-0.2, 0) is 17.3 Å². The van der Waals surface area contributed by atoms with Crippen LogP contribution < -0.4 is 19.5 Å². The van der Waals surface area contributed by atoms with Crippen LogP contribution in [0.15, 0.2) is 12.1 Å². The van der Waals surface area contributed by atoms with Gasteiger partial charge in [-0.15, -0.1) is 0 Å². The van der Waals surface area contributed by atoms with Crippen LogP contribution in [0, 0.1) is 0 Å². The van der Waals surface area contributed by atoms with E-state index in [9.17, 15) is 4.21 Å². The van der Waals surface area contributed by atoms with Crippen molar-refractivity contribution in [3.8, 4) is 17.2 Å². The SMILES string of the molecule is COc1cc(CNCCS(C)=O)cc2c1OCO2. The van der Waals surface area contributed by atoms with Crippen LogP contribution in [0.2, 0.25) is 0 Å². The van der Waals surface area contributed by atoms with E-state index in [1.807, 2.05) is 12.1 Å². The van der Waals surface area contributed by atoms with Gasteiger partial charge in [0.05, 0.1) is 7.11 Å². The van der Waals surface area contributed by atoms with Crippen molar-refractivity contribution in [3.63, 3.8) is 0 Å². The number of nitrogens with one attached hydrogen (secondary N) is 1. The van der Waals surface area contributed by atoms with E-state index >= 15 is 0 Å². The molecule has 0 saturated heterocycles. The summed E-state index contributed by atoms with van der Waals surface area (Å²) in [5, 5.41) is 3.23. The van der Waals surface area contributed by atoms with E-state index in [0.717, 1.165) is 12.1 Å². The maximum atomic E-state index is 10.9. The minimum Gasteiger partial charge on any atom is -0.493 e. The monoisotopic (exact) mass is 271 g/mol. The molecule has 0 aromatic heterocycles. The molecule has 1 aromatic rings. The Labute approximate surface area is 109 Å². The van der Waals surface area contributed by atoms with Gasteiger partial charge < -0.3 is 19.5 Å². The summed E-state index contributed by atoms with van der Waals surface area (Å²) in [7, 11) is 0.845. The van der Waals surface area contributed by atoms with Crippen molar-refractivity contribution < 1.29 is 18.4 Å². The molecule has 100 valence electrons. The molecule has 1 aromatic carbocycles. The van der Waals surface area contributed by atoms with Gasteiger partial charge in [-0.25, -0.2) is 0 Å². The highest BCUT2D eigenvalue weighted by molar-refractivity contribution is 7.84. The number of rotatable bonds is 6. The Morgan fingerprint density at radius 2 is 2.28 bits per heavy atom. The predicted molar refractivity (Wildman–Crippen MR) is 69.8 cm³/mol.